The van der Waals surface area contributed by atoms with Crippen molar-refractivity contribution < 1.29 is 14.0 Å². The van der Waals surface area contributed by atoms with Crippen molar-refractivity contribution in [3.63, 3.8) is 0 Å². The number of benzene rings is 3. The predicted octanol–water partition coefficient (Wildman–Crippen LogP) is 6.09. The Morgan fingerprint density at radius 2 is 1.68 bits per heavy atom. The molecule has 1 N–H and O–H groups in total. The summed E-state index contributed by atoms with van der Waals surface area (Å²) in [6.07, 6.45) is 0. The number of amides is 2. The van der Waals surface area contributed by atoms with E-state index in [-0.39, 0.29) is 15.6 Å². The molecule has 1 heterocycles. The average Bonchev–Trinajstić information content (AvgIpc) is 2.96. The van der Waals surface area contributed by atoms with Gasteiger partial charge in [0.15, 0.2) is 0 Å². The second-order valence-corrected chi connectivity index (χ2v) is 8.60. The first-order chi connectivity index (χ1) is 14.8. The van der Waals surface area contributed by atoms with E-state index in [2.05, 4.69) is 5.32 Å². The first-order valence-corrected chi connectivity index (χ1v) is 10.7. The molecule has 0 spiro atoms. The minimum absolute atomic E-state index is 0.0779. The summed E-state index contributed by atoms with van der Waals surface area (Å²) in [5.41, 5.74) is 2.92. The second-order valence-electron chi connectivity index (χ2n) is 7.11. The van der Waals surface area contributed by atoms with Crippen LogP contribution in [-0.2, 0) is 9.59 Å². The number of imide groups is 1. The van der Waals surface area contributed by atoms with E-state index in [0.29, 0.717) is 11.4 Å². The summed E-state index contributed by atoms with van der Waals surface area (Å²) >= 11 is 7.10. The molecular formula is C24H18ClFN2O2S. The molecule has 0 saturated heterocycles. The van der Waals surface area contributed by atoms with Crippen LogP contribution in [-0.4, -0.2) is 11.8 Å². The lowest BCUT2D eigenvalue weighted by Gasteiger charge is -2.18. The summed E-state index contributed by atoms with van der Waals surface area (Å²) in [7, 11) is 0. The highest BCUT2D eigenvalue weighted by Crippen LogP contribution is 2.39. The largest absolute Gasteiger partial charge is 0.350 e. The Kier molecular flexibility index (Phi) is 5.85. The van der Waals surface area contributed by atoms with Gasteiger partial charge < -0.3 is 5.32 Å². The van der Waals surface area contributed by atoms with E-state index in [4.69, 9.17) is 11.6 Å². The highest BCUT2D eigenvalue weighted by molar-refractivity contribution is 8.04. The van der Waals surface area contributed by atoms with Crippen LogP contribution < -0.4 is 10.2 Å². The zero-order valence-corrected chi connectivity index (χ0v) is 18.4. The fourth-order valence-corrected chi connectivity index (χ4v) is 4.44. The maximum atomic E-state index is 13.6. The fourth-order valence-electron chi connectivity index (χ4n) is 3.31. The first kappa shape index (κ1) is 21.2. The number of hydrogen-bond acceptors (Lipinski definition) is 4. The predicted molar refractivity (Wildman–Crippen MR) is 123 cm³/mol. The summed E-state index contributed by atoms with van der Waals surface area (Å²) in [5, 5.41) is 2.91. The summed E-state index contributed by atoms with van der Waals surface area (Å²) in [5.74, 6) is -1.46. The van der Waals surface area contributed by atoms with E-state index in [0.717, 1.165) is 16.0 Å². The van der Waals surface area contributed by atoms with E-state index in [1.165, 1.54) is 34.9 Å². The zero-order valence-electron chi connectivity index (χ0n) is 16.8. The summed E-state index contributed by atoms with van der Waals surface area (Å²) in [6.45, 7) is 3.81. The number of nitrogens with one attached hydrogen (secondary N) is 1. The van der Waals surface area contributed by atoms with Crippen LogP contribution in [0.25, 0.3) is 0 Å². The van der Waals surface area contributed by atoms with Crippen LogP contribution in [0.1, 0.15) is 11.1 Å². The van der Waals surface area contributed by atoms with Gasteiger partial charge in [-0.25, -0.2) is 9.29 Å². The molecule has 0 saturated carbocycles. The van der Waals surface area contributed by atoms with Crippen LogP contribution in [0.3, 0.4) is 0 Å². The average molecular weight is 453 g/mol. The Bertz CT molecular complexity index is 1230. The minimum Gasteiger partial charge on any atom is -0.350 e. The van der Waals surface area contributed by atoms with Crippen LogP contribution >= 0.6 is 23.4 Å². The standard InChI is InChI=1S/C24H18ClFN2O2S/c1-14-8-11-20(15(2)12-14)28-23(29)21(27-16-9-10-19(26)18(25)13-16)22(24(28)30)31-17-6-4-3-5-7-17/h3-13,27H,1-2H3. The van der Waals surface area contributed by atoms with Crippen LogP contribution in [0.2, 0.25) is 5.02 Å². The van der Waals surface area contributed by atoms with Gasteiger partial charge in [0.25, 0.3) is 11.8 Å². The smallest absolute Gasteiger partial charge is 0.283 e. The number of halogens is 2. The molecule has 1 aliphatic rings. The van der Waals surface area contributed by atoms with Gasteiger partial charge in [-0.15, -0.1) is 0 Å². The number of anilines is 2. The normalized spacial score (nSPS) is 13.9. The lowest BCUT2D eigenvalue weighted by Crippen LogP contribution is -2.33. The molecule has 4 nitrogen and oxygen atoms in total. The first-order valence-electron chi connectivity index (χ1n) is 9.50. The minimum atomic E-state index is -0.564. The van der Waals surface area contributed by atoms with E-state index in [1.54, 1.807) is 6.07 Å². The number of carbonyl (C=O) groups is 2. The van der Waals surface area contributed by atoms with Gasteiger partial charge >= 0.3 is 0 Å². The van der Waals surface area contributed by atoms with Gasteiger partial charge in [-0.05, 0) is 55.8 Å². The van der Waals surface area contributed by atoms with E-state index in [1.807, 2.05) is 56.3 Å². The third kappa shape index (κ3) is 4.22. The molecule has 0 aromatic heterocycles. The van der Waals surface area contributed by atoms with Crippen molar-refractivity contribution in [2.24, 2.45) is 0 Å². The van der Waals surface area contributed by atoms with Gasteiger partial charge in [-0.2, -0.15) is 0 Å². The summed E-state index contributed by atoms with van der Waals surface area (Å²) in [6, 6.07) is 18.9. The molecule has 0 fully saturated rings. The highest BCUT2D eigenvalue weighted by atomic mass is 35.5. The number of rotatable bonds is 5. The van der Waals surface area contributed by atoms with Gasteiger partial charge in [0.1, 0.15) is 16.4 Å². The zero-order chi connectivity index (χ0) is 22.1. The van der Waals surface area contributed by atoms with Crippen molar-refractivity contribution in [3.8, 4) is 0 Å². The molecule has 3 aromatic rings. The number of carbonyl (C=O) groups excluding carboxylic acids is 2. The third-order valence-corrected chi connectivity index (χ3v) is 6.17. The molecule has 4 rings (SSSR count). The van der Waals surface area contributed by atoms with Crippen molar-refractivity contribution in [1.82, 2.24) is 0 Å². The highest BCUT2D eigenvalue weighted by Gasteiger charge is 2.40. The van der Waals surface area contributed by atoms with E-state index >= 15 is 0 Å². The van der Waals surface area contributed by atoms with Gasteiger partial charge in [-0.1, -0.05) is 59.3 Å². The Balaban J connectivity index is 1.77. The van der Waals surface area contributed by atoms with E-state index < -0.39 is 17.6 Å². The quantitative estimate of drug-likeness (QED) is 0.476. The Morgan fingerprint density at radius 1 is 0.935 bits per heavy atom. The number of thioether (sulfide) groups is 1. The molecule has 0 aliphatic carbocycles. The Morgan fingerprint density at radius 3 is 2.35 bits per heavy atom. The molecule has 0 radical (unpaired) electrons. The summed E-state index contributed by atoms with van der Waals surface area (Å²) < 4.78 is 13.6. The molecule has 0 unspecified atom stereocenters. The van der Waals surface area contributed by atoms with E-state index in [9.17, 15) is 14.0 Å². The van der Waals surface area contributed by atoms with Crippen molar-refractivity contribution in [3.05, 3.63) is 99.3 Å². The van der Waals surface area contributed by atoms with Crippen LogP contribution in [0.5, 0.6) is 0 Å². The van der Waals surface area contributed by atoms with Gasteiger partial charge in [0.05, 0.1) is 10.7 Å². The number of aryl methyl sites for hydroxylation is 2. The molecule has 2 amide bonds. The maximum Gasteiger partial charge on any atom is 0.283 e. The van der Waals surface area contributed by atoms with Crippen LogP contribution in [0.4, 0.5) is 15.8 Å². The van der Waals surface area contributed by atoms with Crippen LogP contribution in [0.15, 0.2) is 82.2 Å². The number of hydrogen-bond donors (Lipinski definition) is 1. The maximum absolute atomic E-state index is 13.6. The van der Waals surface area contributed by atoms with Gasteiger partial charge in [0.2, 0.25) is 0 Å². The second kappa shape index (κ2) is 8.57. The molecule has 1 aliphatic heterocycles. The topological polar surface area (TPSA) is 49.4 Å². The van der Waals surface area contributed by atoms with Gasteiger partial charge in [0, 0.05) is 10.6 Å². The van der Waals surface area contributed by atoms with Crippen molar-refractivity contribution >= 4 is 46.6 Å². The molecular weight excluding hydrogens is 435 g/mol. The molecule has 0 bridgehead atoms. The van der Waals surface area contributed by atoms with Crippen molar-refractivity contribution in [2.45, 2.75) is 18.7 Å². The fraction of sp³-hybridized carbons (Fsp3) is 0.0833. The Hall–Kier alpha value is -3.09. The lowest BCUT2D eigenvalue weighted by molar-refractivity contribution is -0.120. The van der Waals surface area contributed by atoms with Gasteiger partial charge in [-0.3, -0.25) is 9.59 Å². The lowest BCUT2D eigenvalue weighted by atomic mass is 10.1. The third-order valence-electron chi connectivity index (χ3n) is 4.79. The monoisotopic (exact) mass is 452 g/mol. The number of nitrogens with zero attached hydrogens (tertiary/aromatic N) is 1. The molecule has 0 atom stereocenters. The van der Waals surface area contributed by atoms with Crippen molar-refractivity contribution in [2.75, 3.05) is 10.2 Å². The molecule has 7 heteroatoms. The Labute approximate surface area is 188 Å². The SMILES string of the molecule is Cc1ccc(N2C(=O)C(Nc3ccc(F)c(Cl)c3)=C(Sc3ccccc3)C2=O)c(C)c1. The molecule has 31 heavy (non-hydrogen) atoms. The molecule has 156 valence electrons. The summed E-state index contributed by atoms with van der Waals surface area (Å²) in [4.78, 5) is 29.0. The van der Waals surface area contributed by atoms with Crippen molar-refractivity contribution in [1.29, 1.82) is 0 Å². The molecule has 3 aromatic carbocycles. The van der Waals surface area contributed by atoms with Crippen LogP contribution in [0, 0.1) is 19.7 Å².